The van der Waals surface area contributed by atoms with Crippen molar-refractivity contribution < 1.29 is 23.9 Å². The molecular formula is C23H23NO5. The standard InChI is InChI=1S/C23H23NO5/c1-14-10-11-17(13-15(14)2)21(26)16(3)29-20(25)9-6-12-24-22(27)18-7-4-5-8-19(18)23(24)28/h4-5,7-8,10-11,13,16H,6,9,12H2,1-3H3. The number of benzene rings is 2. The molecule has 1 heterocycles. The molecule has 0 aromatic heterocycles. The van der Waals surface area contributed by atoms with Crippen LogP contribution in [-0.2, 0) is 9.53 Å². The molecule has 1 aliphatic heterocycles. The van der Waals surface area contributed by atoms with E-state index < -0.39 is 12.1 Å². The molecule has 2 aromatic carbocycles. The van der Waals surface area contributed by atoms with Crippen molar-refractivity contribution in [2.75, 3.05) is 6.54 Å². The van der Waals surface area contributed by atoms with Crippen molar-refractivity contribution in [1.82, 2.24) is 4.90 Å². The van der Waals surface area contributed by atoms with Crippen LogP contribution >= 0.6 is 0 Å². The third-order valence-corrected chi connectivity index (χ3v) is 5.11. The number of aryl methyl sites for hydroxylation is 2. The van der Waals surface area contributed by atoms with E-state index in [1.165, 1.54) is 0 Å². The van der Waals surface area contributed by atoms with Crippen LogP contribution in [0.4, 0.5) is 0 Å². The van der Waals surface area contributed by atoms with Crippen molar-refractivity contribution in [3.05, 3.63) is 70.3 Å². The number of ether oxygens (including phenoxy) is 1. The molecule has 0 aliphatic carbocycles. The minimum Gasteiger partial charge on any atom is -0.454 e. The second-order valence-electron chi connectivity index (χ2n) is 7.21. The Labute approximate surface area is 169 Å². The summed E-state index contributed by atoms with van der Waals surface area (Å²) in [4.78, 5) is 50.3. The van der Waals surface area contributed by atoms with Gasteiger partial charge in [-0.2, -0.15) is 0 Å². The van der Waals surface area contributed by atoms with Gasteiger partial charge in [-0.3, -0.25) is 24.1 Å². The van der Waals surface area contributed by atoms with Crippen molar-refractivity contribution in [2.45, 2.75) is 39.7 Å². The Morgan fingerprint density at radius 1 is 0.966 bits per heavy atom. The number of hydrogen-bond acceptors (Lipinski definition) is 5. The van der Waals surface area contributed by atoms with Gasteiger partial charge in [0.15, 0.2) is 6.10 Å². The van der Waals surface area contributed by atoms with E-state index in [0.717, 1.165) is 16.0 Å². The molecule has 2 aromatic rings. The van der Waals surface area contributed by atoms with Crippen molar-refractivity contribution in [3.8, 4) is 0 Å². The Morgan fingerprint density at radius 3 is 2.17 bits per heavy atom. The lowest BCUT2D eigenvalue weighted by molar-refractivity contribution is -0.146. The number of rotatable bonds is 7. The van der Waals surface area contributed by atoms with Gasteiger partial charge in [0.25, 0.3) is 11.8 Å². The van der Waals surface area contributed by atoms with Gasteiger partial charge in [0.05, 0.1) is 11.1 Å². The molecule has 6 heteroatoms. The maximum absolute atomic E-state index is 12.5. The highest BCUT2D eigenvalue weighted by Gasteiger charge is 2.34. The molecular weight excluding hydrogens is 370 g/mol. The highest BCUT2D eigenvalue weighted by atomic mass is 16.5. The topological polar surface area (TPSA) is 80.8 Å². The van der Waals surface area contributed by atoms with Crippen molar-refractivity contribution in [1.29, 1.82) is 0 Å². The van der Waals surface area contributed by atoms with Crippen LogP contribution in [0.3, 0.4) is 0 Å². The van der Waals surface area contributed by atoms with Gasteiger partial charge in [-0.25, -0.2) is 0 Å². The van der Waals surface area contributed by atoms with Crippen LogP contribution in [0.15, 0.2) is 42.5 Å². The molecule has 150 valence electrons. The SMILES string of the molecule is Cc1ccc(C(=O)C(C)OC(=O)CCCN2C(=O)c3ccccc3C2=O)cc1C. The number of Topliss-reactive ketones (excluding diaryl/α,β-unsaturated/α-hetero) is 1. The van der Waals surface area contributed by atoms with Gasteiger partial charge in [-0.1, -0.05) is 24.3 Å². The number of hydrogen-bond donors (Lipinski definition) is 0. The fraction of sp³-hybridized carbons (Fsp3) is 0.304. The van der Waals surface area contributed by atoms with Crippen LogP contribution in [0.1, 0.15) is 62.0 Å². The first-order valence-corrected chi connectivity index (χ1v) is 9.55. The minimum atomic E-state index is -0.899. The Kier molecular flexibility index (Phi) is 5.92. The lowest BCUT2D eigenvalue weighted by Gasteiger charge is -2.15. The maximum atomic E-state index is 12.5. The molecule has 0 N–H and O–H groups in total. The van der Waals surface area contributed by atoms with Crippen LogP contribution in [0.2, 0.25) is 0 Å². The smallest absolute Gasteiger partial charge is 0.306 e. The molecule has 1 unspecified atom stereocenters. The molecule has 29 heavy (non-hydrogen) atoms. The maximum Gasteiger partial charge on any atom is 0.306 e. The highest BCUT2D eigenvalue weighted by molar-refractivity contribution is 6.21. The quantitative estimate of drug-likeness (QED) is 0.409. The molecule has 1 aliphatic rings. The van der Waals surface area contributed by atoms with E-state index >= 15 is 0 Å². The number of amides is 2. The van der Waals surface area contributed by atoms with Crippen LogP contribution in [0.5, 0.6) is 0 Å². The summed E-state index contributed by atoms with van der Waals surface area (Å²) in [6.45, 7) is 5.55. The fourth-order valence-electron chi connectivity index (χ4n) is 3.26. The summed E-state index contributed by atoms with van der Waals surface area (Å²) in [7, 11) is 0. The average molecular weight is 393 g/mol. The summed E-state index contributed by atoms with van der Waals surface area (Å²) in [5.41, 5.74) is 3.34. The molecule has 2 amide bonds. The first-order chi connectivity index (χ1) is 13.8. The van der Waals surface area contributed by atoms with Gasteiger partial charge >= 0.3 is 5.97 Å². The lowest BCUT2D eigenvalue weighted by atomic mass is 10.0. The Bertz CT molecular complexity index is 960. The monoisotopic (exact) mass is 393 g/mol. The van der Waals surface area contributed by atoms with E-state index in [4.69, 9.17) is 4.74 Å². The Hall–Kier alpha value is -3.28. The molecule has 0 fully saturated rings. The van der Waals surface area contributed by atoms with Crippen LogP contribution in [0.25, 0.3) is 0 Å². The van der Waals surface area contributed by atoms with Gasteiger partial charge in [-0.05, 0) is 56.5 Å². The largest absolute Gasteiger partial charge is 0.454 e. The van der Waals surface area contributed by atoms with E-state index in [-0.39, 0.29) is 37.0 Å². The van der Waals surface area contributed by atoms with E-state index in [1.54, 1.807) is 43.3 Å². The normalized spacial score (nSPS) is 14.0. The minimum absolute atomic E-state index is 0.0119. The number of carbonyl (C=O) groups excluding carboxylic acids is 4. The molecule has 0 spiro atoms. The summed E-state index contributed by atoms with van der Waals surface area (Å²) in [5.74, 6) is -1.50. The summed E-state index contributed by atoms with van der Waals surface area (Å²) in [6.07, 6.45) is -0.615. The first-order valence-electron chi connectivity index (χ1n) is 9.55. The number of fused-ring (bicyclic) bond motifs is 1. The van der Waals surface area contributed by atoms with E-state index in [1.807, 2.05) is 19.9 Å². The van der Waals surface area contributed by atoms with Crippen LogP contribution < -0.4 is 0 Å². The molecule has 1 atom stereocenters. The zero-order valence-electron chi connectivity index (χ0n) is 16.7. The van der Waals surface area contributed by atoms with Crippen molar-refractivity contribution >= 4 is 23.6 Å². The van der Waals surface area contributed by atoms with Gasteiger partial charge in [-0.15, -0.1) is 0 Å². The Morgan fingerprint density at radius 2 is 1.59 bits per heavy atom. The lowest BCUT2D eigenvalue weighted by Crippen LogP contribution is -2.31. The van der Waals surface area contributed by atoms with Gasteiger partial charge in [0, 0.05) is 18.5 Å². The third kappa shape index (κ3) is 4.26. The molecule has 0 bridgehead atoms. The van der Waals surface area contributed by atoms with Crippen molar-refractivity contribution in [2.24, 2.45) is 0 Å². The van der Waals surface area contributed by atoms with Gasteiger partial charge in [0.2, 0.25) is 5.78 Å². The average Bonchev–Trinajstić information content (AvgIpc) is 2.94. The summed E-state index contributed by atoms with van der Waals surface area (Å²) < 4.78 is 5.24. The second-order valence-corrected chi connectivity index (χ2v) is 7.21. The van der Waals surface area contributed by atoms with Gasteiger partial charge < -0.3 is 4.74 Å². The number of ketones is 1. The highest BCUT2D eigenvalue weighted by Crippen LogP contribution is 2.22. The molecule has 6 nitrogen and oxygen atoms in total. The van der Waals surface area contributed by atoms with E-state index in [0.29, 0.717) is 16.7 Å². The summed E-state index contributed by atoms with van der Waals surface area (Å²) >= 11 is 0. The Balaban J connectivity index is 1.50. The summed E-state index contributed by atoms with van der Waals surface area (Å²) in [6, 6.07) is 12.0. The number of esters is 1. The molecule has 0 saturated heterocycles. The van der Waals surface area contributed by atoms with E-state index in [9.17, 15) is 19.2 Å². The zero-order chi connectivity index (χ0) is 21.1. The molecule has 3 rings (SSSR count). The first kappa shape index (κ1) is 20.5. The van der Waals surface area contributed by atoms with Crippen LogP contribution in [-0.4, -0.2) is 41.1 Å². The number of carbonyl (C=O) groups is 4. The van der Waals surface area contributed by atoms with Crippen LogP contribution in [0, 0.1) is 13.8 Å². The number of imide groups is 1. The predicted octanol–water partition coefficient (Wildman–Crippen LogP) is 3.49. The molecule has 0 saturated carbocycles. The van der Waals surface area contributed by atoms with Gasteiger partial charge in [0.1, 0.15) is 0 Å². The van der Waals surface area contributed by atoms with E-state index in [2.05, 4.69) is 0 Å². The second kappa shape index (κ2) is 8.39. The fourth-order valence-corrected chi connectivity index (χ4v) is 3.26. The molecule has 0 radical (unpaired) electrons. The predicted molar refractivity (Wildman–Crippen MR) is 107 cm³/mol. The number of nitrogens with zero attached hydrogens (tertiary/aromatic N) is 1. The zero-order valence-corrected chi connectivity index (χ0v) is 16.7. The third-order valence-electron chi connectivity index (χ3n) is 5.11. The van der Waals surface area contributed by atoms with Crippen molar-refractivity contribution in [3.63, 3.8) is 0 Å². The summed E-state index contributed by atoms with van der Waals surface area (Å²) in [5, 5.41) is 0.